The van der Waals surface area contributed by atoms with Crippen molar-refractivity contribution in [2.24, 2.45) is 10.9 Å². The molecule has 2 atom stereocenters. The highest BCUT2D eigenvalue weighted by Gasteiger charge is 2.26. The highest BCUT2D eigenvalue weighted by molar-refractivity contribution is 8.14. The third kappa shape index (κ3) is 2.55. The molecule has 3 heteroatoms. The maximum absolute atomic E-state index is 4.82. The zero-order valence-electron chi connectivity index (χ0n) is 9.67. The Morgan fingerprint density at radius 3 is 2.82 bits per heavy atom. The summed E-state index contributed by atoms with van der Waals surface area (Å²) in [5.41, 5.74) is 1.13. The van der Waals surface area contributed by atoms with E-state index in [0.29, 0.717) is 6.04 Å². The average molecular weight is 244 g/mol. The molecule has 0 bridgehead atoms. The van der Waals surface area contributed by atoms with Gasteiger partial charge in [0.1, 0.15) is 0 Å². The minimum atomic E-state index is 0.493. The number of hydrogen-bond donors (Lipinski definition) is 1. The summed E-state index contributed by atoms with van der Waals surface area (Å²) in [5, 5.41) is 4.48. The lowest BCUT2D eigenvalue weighted by atomic mass is 9.91. The number of allylic oxidation sites excluding steroid dienone is 1. The second kappa shape index (κ2) is 4.96. The van der Waals surface area contributed by atoms with Crippen LogP contribution >= 0.6 is 11.8 Å². The molecule has 0 saturated heterocycles. The lowest BCUT2D eigenvalue weighted by Crippen LogP contribution is -2.30. The second-order valence-electron chi connectivity index (χ2n) is 4.51. The van der Waals surface area contributed by atoms with Gasteiger partial charge in [0.05, 0.1) is 6.04 Å². The van der Waals surface area contributed by atoms with Crippen LogP contribution in [0.15, 0.2) is 47.5 Å². The van der Waals surface area contributed by atoms with Crippen molar-refractivity contribution in [3.8, 4) is 0 Å². The molecule has 17 heavy (non-hydrogen) atoms. The molecule has 1 aromatic rings. The fourth-order valence-electron chi connectivity index (χ4n) is 2.28. The molecule has 1 aliphatic heterocycles. The number of anilines is 1. The minimum absolute atomic E-state index is 0.493. The SMILES string of the molecule is C1=CCC2N=C(Nc3ccccc3)SCC2C1. The first kappa shape index (κ1) is 10.9. The summed E-state index contributed by atoms with van der Waals surface area (Å²) >= 11 is 1.85. The van der Waals surface area contributed by atoms with Gasteiger partial charge in [0.15, 0.2) is 5.17 Å². The minimum Gasteiger partial charge on any atom is -0.335 e. The van der Waals surface area contributed by atoms with Gasteiger partial charge in [-0.15, -0.1) is 0 Å². The van der Waals surface area contributed by atoms with E-state index in [1.54, 1.807) is 0 Å². The predicted molar refractivity (Wildman–Crippen MR) is 75.6 cm³/mol. The number of nitrogens with one attached hydrogen (secondary N) is 1. The summed E-state index contributed by atoms with van der Waals surface area (Å²) in [6, 6.07) is 10.8. The molecule has 2 aliphatic rings. The van der Waals surface area contributed by atoms with Crippen LogP contribution in [0.25, 0.3) is 0 Å². The van der Waals surface area contributed by atoms with Gasteiger partial charge >= 0.3 is 0 Å². The quantitative estimate of drug-likeness (QED) is 0.764. The molecule has 0 fully saturated rings. The smallest absolute Gasteiger partial charge is 0.161 e. The number of para-hydroxylation sites is 1. The summed E-state index contributed by atoms with van der Waals surface area (Å²) in [6.45, 7) is 0. The zero-order chi connectivity index (χ0) is 11.5. The average Bonchev–Trinajstić information content (AvgIpc) is 2.40. The number of thioether (sulfide) groups is 1. The second-order valence-corrected chi connectivity index (χ2v) is 5.52. The van der Waals surface area contributed by atoms with Crippen LogP contribution in [-0.2, 0) is 0 Å². The Kier molecular flexibility index (Phi) is 3.18. The summed E-state index contributed by atoms with van der Waals surface area (Å²) < 4.78 is 0. The van der Waals surface area contributed by atoms with Gasteiger partial charge in [-0.25, -0.2) is 0 Å². The molecule has 1 N–H and O–H groups in total. The van der Waals surface area contributed by atoms with Gasteiger partial charge in [-0.2, -0.15) is 0 Å². The van der Waals surface area contributed by atoms with Crippen LogP contribution in [0.1, 0.15) is 12.8 Å². The van der Waals surface area contributed by atoms with Gasteiger partial charge in [-0.05, 0) is 30.9 Å². The number of benzene rings is 1. The van der Waals surface area contributed by atoms with Gasteiger partial charge in [0.2, 0.25) is 0 Å². The molecule has 2 unspecified atom stereocenters. The van der Waals surface area contributed by atoms with E-state index < -0.39 is 0 Å². The van der Waals surface area contributed by atoms with Crippen LogP contribution in [0.3, 0.4) is 0 Å². The molecule has 0 aromatic heterocycles. The highest BCUT2D eigenvalue weighted by atomic mass is 32.2. The summed E-state index contributed by atoms with van der Waals surface area (Å²) in [6.07, 6.45) is 6.86. The number of amidine groups is 1. The predicted octanol–water partition coefficient (Wildman–Crippen LogP) is 3.54. The lowest BCUT2D eigenvalue weighted by molar-refractivity contribution is 0.454. The van der Waals surface area contributed by atoms with Crippen molar-refractivity contribution in [3.05, 3.63) is 42.5 Å². The van der Waals surface area contributed by atoms with E-state index >= 15 is 0 Å². The Morgan fingerprint density at radius 2 is 1.94 bits per heavy atom. The maximum Gasteiger partial charge on any atom is 0.161 e. The largest absolute Gasteiger partial charge is 0.335 e. The number of fused-ring (bicyclic) bond motifs is 1. The number of nitrogens with zero attached hydrogens (tertiary/aromatic N) is 1. The van der Waals surface area contributed by atoms with Gasteiger partial charge in [-0.3, -0.25) is 4.99 Å². The standard InChI is InChI=1S/C14H16N2S/c1-2-7-12(8-3-1)15-14-16-13-9-5-4-6-11(13)10-17-14/h1-5,7-8,11,13H,6,9-10H2,(H,15,16). The van der Waals surface area contributed by atoms with Gasteiger partial charge in [0.25, 0.3) is 0 Å². The summed E-state index contributed by atoms with van der Waals surface area (Å²) in [7, 11) is 0. The van der Waals surface area contributed by atoms with Gasteiger partial charge in [0, 0.05) is 11.4 Å². The van der Waals surface area contributed by atoms with Crippen molar-refractivity contribution in [3.63, 3.8) is 0 Å². The van der Waals surface area contributed by atoms with E-state index in [1.165, 1.54) is 12.2 Å². The Labute approximate surface area is 106 Å². The highest BCUT2D eigenvalue weighted by Crippen LogP contribution is 2.31. The summed E-state index contributed by atoms with van der Waals surface area (Å²) in [5.74, 6) is 1.93. The molecule has 1 aliphatic carbocycles. The maximum atomic E-state index is 4.82. The van der Waals surface area contributed by atoms with Crippen molar-refractivity contribution in [1.29, 1.82) is 0 Å². The topological polar surface area (TPSA) is 24.4 Å². The Morgan fingerprint density at radius 1 is 1.12 bits per heavy atom. The van der Waals surface area contributed by atoms with Crippen molar-refractivity contribution < 1.29 is 0 Å². The lowest BCUT2D eigenvalue weighted by Gasteiger charge is -2.30. The number of aliphatic imine (C=N–C) groups is 1. The van der Waals surface area contributed by atoms with Gasteiger partial charge in [-0.1, -0.05) is 42.1 Å². The molecule has 1 heterocycles. The normalized spacial score (nSPS) is 27.2. The molecule has 88 valence electrons. The van der Waals surface area contributed by atoms with Gasteiger partial charge < -0.3 is 5.32 Å². The monoisotopic (exact) mass is 244 g/mol. The first-order valence-corrected chi connectivity index (χ1v) is 7.08. The van der Waals surface area contributed by atoms with E-state index in [4.69, 9.17) is 4.99 Å². The Hall–Kier alpha value is -1.22. The third-order valence-corrected chi connectivity index (χ3v) is 4.35. The Bertz CT molecular complexity index is 439. The molecule has 0 amide bonds. The van der Waals surface area contributed by atoms with Crippen molar-refractivity contribution in [2.75, 3.05) is 11.1 Å². The third-order valence-electron chi connectivity index (χ3n) is 3.27. The van der Waals surface area contributed by atoms with Crippen LogP contribution in [0.2, 0.25) is 0 Å². The number of rotatable bonds is 1. The van der Waals surface area contributed by atoms with E-state index in [2.05, 4.69) is 29.6 Å². The molecular weight excluding hydrogens is 228 g/mol. The molecule has 0 saturated carbocycles. The van der Waals surface area contributed by atoms with Crippen LogP contribution in [0.4, 0.5) is 5.69 Å². The van der Waals surface area contributed by atoms with E-state index in [-0.39, 0.29) is 0 Å². The Balaban J connectivity index is 1.72. The molecular formula is C14H16N2S. The fraction of sp³-hybridized carbons (Fsp3) is 0.357. The van der Waals surface area contributed by atoms with E-state index in [1.807, 2.05) is 30.0 Å². The van der Waals surface area contributed by atoms with Crippen molar-refractivity contribution >= 4 is 22.6 Å². The molecule has 1 aromatic carbocycles. The first-order chi connectivity index (χ1) is 8.42. The zero-order valence-corrected chi connectivity index (χ0v) is 10.5. The summed E-state index contributed by atoms with van der Waals surface area (Å²) in [4.78, 5) is 4.82. The van der Waals surface area contributed by atoms with E-state index in [0.717, 1.165) is 23.2 Å². The number of hydrogen-bond acceptors (Lipinski definition) is 3. The van der Waals surface area contributed by atoms with Crippen molar-refractivity contribution in [1.82, 2.24) is 0 Å². The molecule has 0 spiro atoms. The molecule has 3 rings (SSSR count). The van der Waals surface area contributed by atoms with Crippen LogP contribution in [0, 0.1) is 5.92 Å². The molecule has 2 nitrogen and oxygen atoms in total. The first-order valence-electron chi connectivity index (χ1n) is 6.09. The van der Waals surface area contributed by atoms with E-state index in [9.17, 15) is 0 Å². The van der Waals surface area contributed by atoms with Crippen LogP contribution < -0.4 is 5.32 Å². The van der Waals surface area contributed by atoms with Crippen LogP contribution in [0.5, 0.6) is 0 Å². The van der Waals surface area contributed by atoms with Crippen LogP contribution in [-0.4, -0.2) is 17.0 Å². The van der Waals surface area contributed by atoms with Crippen molar-refractivity contribution in [2.45, 2.75) is 18.9 Å². The fourth-order valence-corrected chi connectivity index (χ4v) is 3.41. The molecule has 0 radical (unpaired) electrons.